The zero-order valence-corrected chi connectivity index (χ0v) is 22.2. The summed E-state index contributed by atoms with van der Waals surface area (Å²) in [7, 11) is 2.19. The van der Waals surface area contributed by atoms with E-state index in [2.05, 4.69) is 45.3 Å². The Bertz CT molecular complexity index is 887. The Labute approximate surface area is 215 Å². The summed E-state index contributed by atoms with van der Waals surface area (Å²) in [6.45, 7) is 10.1. The number of nitrogens with zero attached hydrogens (tertiary/aromatic N) is 3. The van der Waals surface area contributed by atoms with Crippen LogP contribution in [0.4, 0.5) is 5.00 Å². The topological polar surface area (TPSA) is 48.1 Å². The standard InChI is InChI=1S/C28H42N4O2S/c1-30-19-21-32(22-20-30)18-7-23-34-25-11-9-24(10-12-25)26-13-14-28(35-26)29-27(33)8-3-6-17-31-15-4-2-5-16-31/h9-14H,2-8,15-23H2,1H3,(H,29,33). The minimum Gasteiger partial charge on any atom is -0.494 e. The molecule has 0 radical (unpaired) electrons. The molecule has 1 aromatic carbocycles. The fraction of sp³-hybridized carbons (Fsp3) is 0.607. The van der Waals surface area contributed by atoms with Crippen molar-refractivity contribution in [3.8, 4) is 16.2 Å². The maximum Gasteiger partial charge on any atom is 0.224 e. The molecule has 7 heteroatoms. The van der Waals surface area contributed by atoms with Crippen LogP contribution in [0.5, 0.6) is 5.75 Å². The molecule has 2 aliphatic heterocycles. The summed E-state index contributed by atoms with van der Waals surface area (Å²) in [5, 5.41) is 4.00. The Morgan fingerprint density at radius 1 is 0.857 bits per heavy atom. The van der Waals surface area contributed by atoms with Gasteiger partial charge in [0.2, 0.25) is 5.91 Å². The number of thiophene rings is 1. The van der Waals surface area contributed by atoms with Gasteiger partial charge in [0, 0.05) is 44.0 Å². The van der Waals surface area contributed by atoms with Crippen molar-refractivity contribution in [2.24, 2.45) is 0 Å². The first-order valence-electron chi connectivity index (χ1n) is 13.4. The molecule has 0 bridgehead atoms. The number of nitrogens with one attached hydrogen (secondary N) is 1. The van der Waals surface area contributed by atoms with Crippen LogP contribution < -0.4 is 10.1 Å². The molecule has 1 N–H and O–H groups in total. The Balaban J connectivity index is 1.12. The van der Waals surface area contributed by atoms with Crippen LogP contribution in [0.15, 0.2) is 36.4 Å². The third kappa shape index (κ3) is 8.90. The van der Waals surface area contributed by atoms with Gasteiger partial charge in [-0.25, -0.2) is 0 Å². The predicted molar refractivity (Wildman–Crippen MR) is 147 cm³/mol. The Hall–Kier alpha value is -1.93. The van der Waals surface area contributed by atoms with Crippen LogP contribution in [0, 0.1) is 0 Å². The summed E-state index contributed by atoms with van der Waals surface area (Å²) in [6.07, 6.45) is 7.74. The normalized spacial score (nSPS) is 18.0. The summed E-state index contributed by atoms with van der Waals surface area (Å²) in [6, 6.07) is 12.4. The quantitative estimate of drug-likeness (QED) is 0.416. The number of hydrogen-bond acceptors (Lipinski definition) is 6. The molecular formula is C28H42N4O2S. The zero-order valence-electron chi connectivity index (χ0n) is 21.3. The van der Waals surface area contributed by atoms with E-state index in [0.29, 0.717) is 6.42 Å². The highest BCUT2D eigenvalue weighted by Crippen LogP contribution is 2.32. The summed E-state index contributed by atoms with van der Waals surface area (Å²) in [5.74, 6) is 1.04. The van der Waals surface area contributed by atoms with Crippen LogP contribution in [-0.2, 0) is 4.79 Å². The number of unbranched alkanes of at least 4 members (excludes halogenated alkanes) is 1. The third-order valence-corrected chi connectivity index (χ3v) is 8.12. The summed E-state index contributed by atoms with van der Waals surface area (Å²) >= 11 is 1.63. The van der Waals surface area contributed by atoms with Gasteiger partial charge in [0.1, 0.15) is 5.75 Å². The van der Waals surface area contributed by atoms with Gasteiger partial charge >= 0.3 is 0 Å². The molecule has 2 aliphatic rings. The number of amides is 1. The van der Waals surface area contributed by atoms with Crippen LogP contribution in [0.25, 0.3) is 10.4 Å². The van der Waals surface area contributed by atoms with E-state index in [0.717, 1.165) is 86.3 Å². The third-order valence-electron chi connectivity index (χ3n) is 7.07. The predicted octanol–water partition coefficient (Wildman–Crippen LogP) is 5.03. The second kappa shape index (κ2) is 14.0. The van der Waals surface area contributed by atoms with Crippen LogP contribution in [0.1, 0.15) is 44.9 Å². The van der Waals surface area contributed by atoms with E-state index in [1.54, 1.807) is 11.3 Å². The number of piperidine rings is 1. The van der Waals surface area contributed by atoms with Crippen molar-refractivity contribution in [3.05, 3.63) is 36.4 Å². The van der Waals surface area contributed by atoms with Crippen LogP contribution in [-0.4, -0.2) is 86.6 Å². The SMILES string of the molecule is CN1CCN(CCCOc2ccc(-c3ccc(NC(=O)CCCCN4CCCCC4)s3)cc2)CC1. The number of hydrogen-bond donors (Lipinski definition) is 1. The van der Waals surface area contributed by atoms with E-state index >= 15 is 0 Å². The number of ether oxygens (including phenoxy) is 1. The van der Waals surface area contributed by atoms with Gasteiger partial charge in [-0.1, -0.05) is 6.42 Å². The van der Waals surface area contributed by atoms with Crippen molar-refractivity contribution in [1.82, 2.24) is 14.7 Å². The van der Waals surface area contributed by atoms with Gasteiger partial charge < -0.3 is 24.8 Å². The lowest BCUT2D eigenvalue weighted by atomic mass is 10.1. The molecule has 1 amide bonds. The maximum absolute atomic E-state index is 12.4. The Kier molecular flexibility index (Phi) is 10.4. The molecule has 0 saturated carbocycles. The largest absolute Gasteiger partial charge is 0.494 e. The number of carbonyl (C=O) groups excluding carboxylic acids is 1. The van der Waals surface area contributed by atoms with Crippen molar-refractivity contribution < 1.29 is 9.53 Å². The molecule has 1 aromatic heterocycles. The fourth-order valence-electron chi connectivity index (χ4n) is 4.83. The maximum atomic E-state index is 12.4. The molecule has 2 saturated heterocycles. The van der Waals surface area contributed by atoms with E-state index in [9.17, 15) is 4.79 Å². The van der Waals surface area contributed by atoms with Crippen molar-refractivity contribution in [3.63, 3.8) is 0 Å². The smallest absolute Gasteiger partial charge is 0.224 e. The second-order valence-electron chi connectivity index (χ2n) is 9.94. The van der Waals surface area contributed by atoms with Crippen molar-refractivity contribution >= 4 is 22.2 Å². The number of piperazine rings is 1. The van der Waals surface area contributed by atoms with Gasteiger partial charge in [-0.2, -0.15) is 0 Å². The Morgan fingerprint density at radius 3 is 2.34 bits per heavy atom. The van der Waals surface area contributed by atoms with Gasteiger partial charge in [0.15, 0.2) is 0 Å². The van der Waals surface area contributed by atoms with Crippen molar-refractivity contribution in [1.29, 1.82) is 0 Å². The van der Waals surface area contributed by atoms with Gasteiger partial charge in [0.25, 0.3) is 0 Å². The molecule has 6 nitrogen and oxygen atoms in total. The molecule has 0 atom stereocenters. The molecule has 35 heavy (non-hydrogen) atoms. The molecule has 0 aliphatic carbocycles. The monoisotopic (exact) mass is 498 g/mol. The van der Waals surface area contributed by atoms with E-state index in [1.807, 2.05) is 18.2 Å². The zero-order chi connectivity index (χ0) is 24.3. The number of benzene rings is 1. The molecule has 2 aromatic rings. The van der Waals surface area contributed by atoms with Crippen molar-refractivity contribution in [2.75, 3.05) is 71.3 Å². The van der Waals surface area contributed by atoms with Gasteiger partial charge in [-0.05, 0) is 101 Å². The average Bonchev–Trinajstić information content (AvgIpc) is 3.35. The lowest BCUT2D eigenvalue weighted by Crippen LogP contribution is -2.44. The first kappa shape index (κ1) is 26.1. The number of likely N-dealkylation sites (tertiary alicyclic amines) is 1. The lowest BCUT2D eigenvalue weighted by molar-refractivity contribution is -0.116. The fourth-order valence-corrected chi connectivity index (χ4v) is 5.76. The lowest BCUT2D eigenvalue weighted by Gasteiger charge is -2.32. The summed E-state index contributed by atoms with van der Waals surface area (Å²) < 4.78 is 5.96. The van der Waals surface area contributed by atoms with Crippen molar-refractivity contribution in [2.45, 2.75) is 44.9 Å². The van der Waals surface area contributed by atoms with E-state index < -0.39 is 0 Å². The number of likely N-dealkylation sites (N-methyl/N-ethyl adjacent to an activating group) is 1. The summed E-state index contributed by atoms with van der Waals surface area (Å²) in [5.41, 5.74) is 1.15. The number of carbonyl (C=O) groups is 1. The highest BCUT2D eigenvalue weighted by atomic mass is 32.1. The van der Waals surface area contributed by atoms with Crippen LogP contribution in [0.2, 0.25) is 0 Å². The van der Waals surface area contributed by atoms with Gasteiger partial charge in [0.05, 0.1) is 11.6 Å². The molecule has 2 fully saturated rings. The molecular weight excluding hydrogens is 456 g/mol. The minimum absolute atomic E-state index is 0.123. The average molecular weight is 499 g/mol. The van der Waals surface area contributed by atoms with Gasteiger partial charge in [-0.3, -0.25) is 4.79 Å². The minimum atomic E-state index is 0.123. The highest BCUT2D eigenvalue weighted by molar-refractivity contribution is 7.19. The molecule has 0 unspecified atom stereocenters. The molecule has 3 heterocycles. The number of rotatable bonds is 12. The second-order valence-corrected chi connectivity index (χ2v) is 11.0. The van der Waals surface area contributed by atoms with Crippen LogP contribution >= 0.6 is 11.3 Å². The Morgan fingerprint density at radius 2 is 1.57 bits per heavy atom. The van der Waals surface area contributed by atoms with E-state index in [-0.39, 0.29) is 5.91 Å². The first-order chi connectivity index (χ1) is 17.2. The highest BCUT2D eigenvalue weighted by Gasteiger charge is 2.13. The van der Waals surface area contributed by atoms with Crippen LogP contribution in [0.3, 0.4) is 0 Å². The molecule has 0 spiro atoms. The summed E-state index contributed by atoms with van der Waals surface area (Å²) in [4.78, 5) is 21.0. The van der Waals surface area contributed by atoms with E-state index in [4.69, 9.17) is 4.74 Å². The van der Waals surface area contributed by atoms with E-state index in [1.165, 1.54) is 32.4 Å². The number of anilines is 1. The first-order valence-corrected chi connectivity index (χ1v) is 14.2. The molecule has 4 rings (SSSR count). The van der Waals surface area contributed by atoms with Gasteiger partial charge in [-0.15, -0.1) is 11.3 Å². The molecule has 192 valence electrons.